The van der Waals surface area contributed by atoms with Gasteiger partial charge in [0, 0.05) is 37.1 Å². The van der Waals surface area contributed by atoms with Gasteiger partial charge in [-0.2, -0.15) is 0 Å². The van der Waals surface area contributed by atoms with Gasteiger partial charge >= 0.3 is 0 Å². The quantitative estimate of drug-likeness (QED) is 0.808. The van der Waals surface area contributed by atoms with Crippen LogP contribution in [0.15, 0.2) is 30.3 Å². The number of pyridine rings is 1. The van der Waals surface area contributed by atoms with E-state index in [2.05, 4.69) is 15.9 Å². The second-order valence-corrected chi connectivity index (χ2v) is 9.41. The average Bonchev–Trinajstić information content (AvgIpc) is 2.94. The van der Waals surface area contributed by atoms with E-state index in [9.17, 15) is 8.42 Å². The van der Waals surface area contributed by atoms with Gasteiger partial charge in [0.2, 0.25) is 0 Å². The van der Waals surface area contributed by atoms with Gasteiger partial charge in [-0.05, 0) is 38.2 Å². The largest absolute Gasteiger partial charge is 0.494 e. The summed E-state index contributed by atoms with van der Waals surface area (Å²) in [5, 5.41) is 1.05. The Labute approximate surface area is 154 Å². The average molecular weight is 375 g/mol. The molecule has 3 heterocycles. The number of aromatic nitrogens is 1. The third kappa shape index (κ3) is 3.43. The molecule has 7 heteroatoms. The lowest BCUT2D eigenvalue weighted by Crippen LogP contribution is -2.57. The second-order valence-electron chi connectivity index (χ2n) is 7.25. The van der Waals surface area contributed by atoms with Gasteiger partial charge in [-0.1, -0.05) is 6.07 Å². The molecule has 1 aromatic carbocycles. The molecule has 2 fully saturated rings. The number of benzene rings is 1. The number of ether oxygens (including phenoxy) is 1. The van der Waals surface area contributed by atoms with Gasteiger partial charge < -0.3 is 4.74 Å². The van der Waals surface area contributed by atoms with E-state index in [1.165, 1.54) is 0 Å². The molecule has 0 aliphatic carbocycles. The molecule has 26 heavy (non-hydrogen) atoms. The van der Waals surface area contributed by atoms with E-state index in [1.54, 1.807) is 0 Å². The predicted octanol–water partition coefficient (Wildman–Crippen LogP) is 1.55. The molecule has 0 spiro atoms. The molecule has 2 aliphatic heterocycles. The molecule has 0 radical (unpaired) electrons. The van der Waals surface area contributed by atoms with Crippen LogP contribution in [-0.4, -0.2) is 73.5 Å². The Morgan fingerprint density at radius 3 is 2.77 bits per heavy atom. The van der Waals surface area contributed by atoms with Crippen molar-refractivity contribution in [3.63, 3.8) is 0 Å². The molecule has 1 aromatic heterocycles. The van der Waals surface area contributed by atoms with Crippen molar-refractivity contribution in [3.8, 4) is 5.75 Å². The van der Waals surface area contributed by atoms with E-state index in [-0.39, 0.29) is 23.6 Å². The summed E-state index contributed by atoms with van der Waals surface area (Å²) in [5.74, 6) is 1.39. The van der Waals surface area contributed by atoms with E-state index in [1.807, 2.05) is 38.2 Å². The predicted molar refractivity (Wildman–Crippen MR) is 102 cm³/mol. The Bertz CT molecular complexity index is 915. The molecule has 0 amide bonds. The molecule has 4 rings (SSSR count). The van der Waals surface area contributed by atoms with Gasteiger partial charge in [0.15, 0.2) is 9.84 Å². The maximum absolute atomic E-state index is 12.1. The van der Waals surface area contributed by atoms with Crippen LogP contribution in [0.4, 0.5) is 0 Å². The smallest absolute Gasteiger partial charge is 0.153 e. The number of hydrogen-bond acceptors (Lipinski definition) is 6. The minimum absolute atomic E-state index is 0.0663. The molecule has 0 bridgehead atoms. The van der Waals surface area contributed by atoms with Crippen molar-refractivity contribution in [3.05, 3.63) is 36.0 Å². The van der Waals surface area contributed by atoms with Crippen LogP contribution in [0, 0.1) is 0 Å². The summed E-state index contributed by atoms with van der Waals surface area (Å²) in [4.78, 5) is 9.26. The number of likely N-dealkylation sites (N-methyl/N-ethyl adjacent to an activating group) is 1. The first-order chi connectivity index (χ1) is 12.4. The van der Waals surface area contributed by atoms with E-state index in [0.29, 0.717) is 13.2 Å². The Kier molecular flexibility index (Phi) is 4.62. The first-order valence-corrected chi connectivity index (χ1v) is 10.9. The van der Waals surface area contributed by atoms with Gasteiger partial charge in [-0.15, -0.1) is 0 Å². The maximum Gasteiger partial charge on any atom is 0.153 e. The van der Waals surface area contributed by atoms with E-state index < -0.39 is 9.84 Å². The van der Waals surface area contributed by atoms with Crippen molar-refractivity contribution in [1.82, 2.24) is 14.8 Å². The normalized spacial score (nSPS) is 26.1. The summed E-state index contributed by atoms with van der Waals surface area (Å²) in [5.41, 5.74) is 1.92. The minimum Gasteiger partial charge on any atom is -0.494 e. The second kappa shape index (κ2) is 6.79. The van der Waals surface area contributed by atoms with Crippen molar-refractivity contribution in [2.45, 2.75) is 25.6 Å². The monoisotopic (exact) mass is 375 g/mol. The van der Waals surface area contributed by atoms with Crippen LogP contribution in [0.1, 0.15) is 12.6 Å². The van der Waals surface area contributed by atoms with E-state index in [4.69, 9.17) is 9.72 Å². The Morgan fingerprint density at radius 1 is 1.15 bits per heavy atom. The highest BCUT2D eigenvalue weighted by Gasteiger charge is 2.45. The zero-order valence-corrected chi connectivity index (χ0v) is 16.1. The third-order valence-electron chi connectivity index (χ3n) is 5.46. The van der Waals surface area contributed by atoms with Crippen LogP contribution in [-0.2, 0) is 16.4 Å². The summed E-state index contributed by atoms with van der Waals surface area (Å²) in [6.07, 6.45) is 0. The van der Waals surface area contributed by atoms with Crippen LogP contribution in [0.3, 0.4) is 0 Å². The molecule has 2 saturated heterocycles. The lowest BCUT2D eigenvalue weighted by molar-refractivity contribution is 0.0565. The summed E-state index contributed by atoms with van der Waals surface area (Å²) >= 11 is 0. The highest BCUT2D eigenvalue weighted by atomic mass is 32.2. The molecule has 140 valence electrons. The van der Waals surface area contributed by atoms with Gasteiger partial charge in [0.05, 0.1) is 29.3 Å². The zero-order chi connectivity index (χ0) is 18.3. The summed E-state index contributed by atoms with van der Waals surface area (Å²) < 4.78 is 29.8. The van der Waals surface area contributed by atoms with Crippen molar-refractivity contribution in [2.75, 3.05) is 38.2 Å². The van der Waals surface area contributed by atoms with Crippen molar-refractivity contribution in [2.24, 2.45) is 0 Å². The van der Waals surface area contributed by atoms with E-state index >= 15 is 0 Å². The highest BCUT2D eigenvalue weighted by molar-refractivity contribution is 7.91. The molecule has 2 atom stereocenters. The summed E-state index contributed by atoms with van der Waals surface area (Å²) in [7, 11) is -0.922. The summed E-state index contributed by atoms with van der Waals surface area (Å²) in [6.45, 7) is 5.07. The first-order valence-electron chi connectivity index (χ1n) is 9.12. The van der Waals surface area contributed by atoms with Crippen LogP contribution in [0.25, 0.3) is 10.9 Å². The number of nitrogens with zero attached hydrogens (tertiary/aromatic N) is 3. The fourth-order valence-electron chi connectivity index (χ4n) is 4.09. The SMILES string of the molecule is CCOc1ccc2nc(CN3CCN(C)[C@H]4CS(=O)(=O)C[C@H]43)ccc2c1. The van der Waals surface area contributed by atoms with Crippen molar-refractivity contribution in [1.29, 1.82) is 0 Å². The van der Waals surface area contributed by atoms with Gasteiger partial charge in [-0.3, -0.25) is 14.8 Å². The van der Waals surface area contributed by atoms with Crippen molar-refractivity contribution >= 4 is 20.7 Å². The number of piperazine rings is 1. The maximum atomic E-state index is 12.1. The molecule has 2 aliphatic rings. The number of hydrogen-bond donors (Lipinski definition) is 0. The van der Waals surface area contributed by atoms with Gasteiger partial charge in [-0.25, -0.2) is 8.42 Å². The molecule has 0 saturated carbocycles. The van der Waals surface area contributed by atoms with Crippen molar-refractivity contribution < 1.29 is 13.2 Å². The molecular formula is C19H25N3O3S. The molecule has 2 aromatic rings. The molecule has 0 unspecified atom stereocenters. The fourth-order valence-corrected chi connectivity index (χ4v) is 6.18. The lowest BCUT2D eigenvalue weighted by atomic mass is 10.1. The zero-order valence-electron chi connectivity index (χ0n) is 15.3. The van der Waals surface area contributed by atoms with Crippen LogP contribution in [0.5, 0.6) is 5.75 Å². The lowest BCUT2D eigenvalue weighted by Gasteiger charge is -2.42. The van der Waals surface area contributed by atoms with E-state index in [0.717, 1.165) is 35.4 Å². The Morgan fingerprint density at radius 2 is 1.96 bits per heavy atom. The Hall–Kier alpha value is -1.70. The number of fused-ring (bicyclic) bond motifs is 2. The highest BCUT2D eigenvalue weighted by Crippen LogP contribution is 2.27. The van der Waals surface area contributed by atoms with Crippen LogP contribution >= 0.6 is 0 Å². The van der Waals surface area contributed by atoms with Crippen LogP contribution < -0.4 is 4.74 Å². The minimum atomic E-state index is -2.95. The fraction of sp³-hybridized carbons (Fsp3) is 0.526. The van der Waals surface area contributed by atoms with Gasteiger partial charge in [0.1, 0.15) is 5.75 Å². The number of sulfone groups is 1. The Balaban J connectivity index is 1.55. The molecule has 0 N–H and O–H groups in total. The standard InChI is InChI=1S/C19H25N3O3S/c1-3-25-16-6-7-17-14(10-16)4-5-15(20-17)11-22-9-8-21(2)18-12-26(23,24)13-19(18)22/h4-7,10,18-19H,3,8-9,11-13H2,1-2H3/t18-,19+/m0/s1. The third-order valence-corrected chi connectivity index (χ3v) is 7.16. The molecular weight excluding hydrogens is 350 g/mol. The van der Waals surface area contributed by atoms with Gasteiger partial charge in [0.25, 0.3) is 0 Å². The summed E-state index contributed by atoms with van der Waals surface area (Å²) in [6, 6.07) is 10.2. The number of rotatable bonds is 4. The first kappa shape index (κ1) is 17.7. The topological polar surface area (TPSA) is 62.7 Å². The molecule has 6 nitrogen and oxygen atoms in total. The van der Waals surface area contributed by atoms with Crippen LogP contribution in [0.2, 0.25) is 0 Å².